The highest BCUT2D eigenvalue weighted by molar-refractivity contribution is 5.85. The third-order valence-electron chi connectivity index (χ3n) is 4.06. The van der Waals surface area contributed by atoms with E-state index in [1.54, 1.807) is 0 Å². The van der Waals surface area contributed by atoms with E-state index in [4.69, 9.17) is 5.11 Å². The van der Waals surface area contributed by atoms with Crippen molar-refractivity contribution < 1.29 is 14.7 Å². The van der Waals surface area contributed by atoms with Crippen LogP contribution in [0.3, 0.4) is 0 Å². The topological polar surface area (TPSA) is 72.9 Å². The Kier molecular flexibility index (Phi) is 5.17. The minimum atomic E-state index is -1.20. The van der Waals surface area contributed by atoms with Gasteiger partial charge in [-0.1, -0.05) is 6.92 Å². The Morgan fingerprint density at radius 2 is 2.11 bits per heavy atom. The number of urea groups is 1. The van der Waals surface area contributed by atoms with E-state index in [0.717, 1.165) is 25.9 Å². The minimum absolute atomic E-state index is 0.338. The van der Waals surface area contributed by atoms with Gasteiger partial charge < -0.3 is 15.3 Å². The molecule has 1 heterocycles. The smallest absolute Gasteiger partial charge is 0.329 e. The lowest BCUT2D eigenvalue weighted by atomic mass is 10.1. The predicted molar refractivity (Wildman–Crippen MR) is 73.1 cm³/mol. The van der Waals surface area contributed by atoms with E-state index in [0.29, 0.717) is 12.6 Å². The van der Waals surface area contributed by atoms with Crippen molar-refractivity contribution >= 4 is 12.0 Å². The average Bonchev–Trinajstić information content (AvgIpc) is 2.81. The van der Waals surface area contributed by atoms with Crippen LogP contribution in [-0.2, 0) is 4.79 Å². The summed E-state index contributed by atoms with van der Waals surface area (Å²) in [7, 11) is 1.51. The highest BCUT2D eigenvalue weighted by Crippen LogP contribution is 2.16. The Morgan fingerprint density at radius 1 is 1.47 bits per heavy atom. The second kappa shape index (κ2) is 6.23. The highest BCUT2D eigenvalue weighted by atomic mass is 16.4. The van der Waals surface area contributed by atoms with Gasteiger partial charge in [0, 0.05) is 19.6 Å². The number of carbonyl (C=O) groups excluding carboxylic acids is 1. The fraction of sp³-hybridized carbons (Fsp3) is 0.846. The molecule has 110 valence electrons. The largest absolute Gasteiger partial charge is 0.480 e. The number of amides is 2. The summed E-state index contributed by atoms with van der Waals surface area (Å²) in [6.07, 6.45) is 2.24. The maximum atomic E-state index is 12.0. The van der Waals surface area contributed by atoms with Gasteiger partial charge in [-0.15, -0.1) is 0 Å². The van der Waals surface area contributed by atoms with E-state index < -0.39 is 11.5 Å². The van der Waals surface area contributed by atoms with E-state index in [2.05, 4.69) is 17.1 Å². The first-order valence-corrected chi connectivity index (χ1v) is 6.79. The summed E-state index contributed by atoms with van der Waals surface area (Å²) in [6, 6.07) is 0.0330. The van der Waals surface area contributed by atoms with Crippen molar-refractivity contribution in [3.8, 4) is 0 Å². The summed E-state index contributed by atoms with van der Waals surface area (Å²) >= 11 is 0. The molecule has 2 N–H and O–H groups in total. The first-order chi connectivity index (χ1) is 8.80. The maximum absolute atomic E-state index is 12.0. The van der Waals surface area contributed by atoms with Crippen LogP contribution in [0.15, 0.2) is 0 Å². The summed E-state index contributed by atoms with van der Waals surface area (Å²) in [6.45, 7) is 7.78. The lowest BCUT2D eigenvalue weighted by molar-refractivity contribution is -0.146. The molecular weight excluding hydrogens is 246 g/mol. The molecule has 0 bridgehead atoms. The standard InChI is InChI=1S/C13H25N3O3/c1-5-16-8-6-7-10(16)9-14-12(19)15(4)13(2,3)11(17)18/h10H,5-9H2,1-4H3,(H,14,19)(H,17,18). The van der Waals surface area contributed by atoms with Crippen LogP contribution in [-0.4, -0.2) is 65.2 Å². The number of likely N-dealkylation sites (tertiary alicyclic amines) is 1. The minimum Gasteiger partial charge on any atom is -0.480 e. The van der Waals surface area contributed by atoms with Gasteiger partial charge in [0.05, 0.1) is 0 Å². The third-order valence-corrected chi connectivity index (χ3v) is 4.06. The van der Waals surface area contributed by atoms with Crippen molar-refractivity contribution in [1.29, 1.82) is 0 Å². The Morgan fingerprint density at radius 3 is 2.63 bits per heavy atom. The number of carbonyl (C=O) groups is 2. The molecule has 0 saturated carbocycles. The lowest BCUT2D eigenvalue weighted by Gasteiger charge is -2.32. The number of hydrogen-bond acceptors (Lipinski definition) is 3. The Hall–Kier alpha value is -1.30. The van der Waals surface area contributed by atoms with Gasteiger partial charge in [-0.2, -0.15) is 0 Å². The molecule has 1 rings (SSSR count). The fourth-order valence-electron chi connectivity index (χ4n) is 2.26. The molecule has 1 fully saturated rings. The fourth-order valence-corrected chi connectivity index (χ4v) is 2.26. The molecule has 1 unspecified atom stereocenters. The van der Waals surface area contributed by atoms with Crippen molar-refractivity contribution in [3.63, 3.8) is 0 Å². The van der Waals surface area contributed by atoms with Crippen molar-refractivity contribution in [2.75, 3.05) is 26.7 Å². The zero-order valence-electron chi connectivity index (χ0n) is 12.3. The number of likely N-dealkylation sites (N-methyl/N-ethyl adjacent to an activating group) is 2. The van der Waals surface area contributed by atoms with Crippen molar-refractivity contribution in [3.05, 3.63) is 0 Å². The van der Waals surface area contributed by atoms with E-state index in [9.17, 15) is 9.59 Å². The summed E-state index contributed by atoms with van der Waals surface area (Å²) in [5.74, 6) is -1.01. The summed E-state index contributed by atoms with van der Waals surface area (Å²) in [5.41, 5.74) is -1.20. The first kappa shape index (κ1) is 15.8. The van der Waals surface area contributed by atoms with Gasteiger partial charge in [0.15, 0.2) is 0 Å². The second-order valence-electron chi connectivity index (χ2n) is 5.53. The number of nitrogens with one attached hydrogen (secondary N) is 1. The number of rotatable bonds is 5. The molecule has 2 amide bonds. The molecule has 6 heteroatoms. The number of nitrogens with zero attached hydrogens (tertiary/aromatic N) is 2. The summed E-state index contributed by atoms with van der Waals surface area (Å²) < 4.78 is 0. The van der Waals surface area contributed by atoms with Crippen LogP contribution in [0.1, 0.15) is 33.6 Å². The quantitative estimate of drug-likeness (QED) is 0.781. The lowest BCUT2D eigenvalue weighted by Crippen LogP contribution is -2.55. The van der Waals surface area contributed by atoms with Crippen LogP contribution in [0, 0.1) is 0 Å². The number of carboxylic acids is 1. The second-order valence-corrected chi connectivity index (χ2v) is 5.53. The van der Waals surface area contributed by atoms with E-state index in [1.807, 2.05) is 0 Å². The molecule has 0 aromatic carbocycles. The summed E-state index contributed by atoms with van der Waals surface area (Å²) in [5, 5.41) is 11.9. The normalized spacial score (nSPS) is 20.3. The number of hydrogen-bond donors (Lipinski definition) is 2. The zero-order chi connectivity index (χ0) is 14.6. The van der Waals surface area contributed by atoms with Crippen LogP contribution in [0.5, 0.6) is 0 Å². The molecule has 0 aromatic heterocycles. The highest BCUT2D eigenvalue weighted by Gasteiger charge is 2.35. The molecule has 0 radical (unpaired) electrons. The predicted octanol–water partition coefficient (Wildman–Crippen LogP) is 0.975. The van der Waals surface area contributed by atoms with Gasteiger partial charge in [-0.25, -0.2) is 9.59 Å². The van der Waals surface area contributed by atoms with Crippen molar-refractivity contribution in [2.45, 2.75) is 45.2 Å². The van der Waals surface area contributed by atoms with E-state index in [-0.39, 0.29) is 6.03 Å². The Labute approximate surface area is 114 Å². The van der Waals surface area contributed by atoms with E-state index in [1.165, 1.54) is 25.8 Å². The van der Waals surface area contributed by atoms with Crippen LogP contribution in [0.25, 0.3) is 0 Å². The first-order valence-electron chi connectivity index (χ1n) is 6.79. The molecule has 1 saturated heterocycles. The molecule has 1 aliphatic rings. The number of aliphatic carboxylic acids is 1. The molecule has 1 aliphatic heterocycles. The van der Waals surface area contributed by atoms with Crippen LogP contribution >= 0.6 is 0 Å². The molecule has 1 atom stereocenters. The molecule has 0 aliphatic carbocycles. The van der Waals surface area contributed by atoms with Gasteiger partial charge in [0.2, 0.25) is 0 Å². The average molecular weight is 271 g/mol. The van der Waals surface area contributed by atoms with Gasteiger partial charge in [-0.3, -0.25) is 4.90 Å². The van der Waals surface area contributed by atoms with Gasteiger partial charge in [0.1, 0.15) is 5.54 Å². The zero-order valence-corrected chi connectivity index (χ0v) is 12.3. The van der Waals surface area contributed by atoms with Gasteiger partial charge in [-0.05, 0) is 39.8 Å². The molecular formula is C13H25N3O3. The molecule has 0 spiro atoms. The van der Waals surface area contributed by atoms with Gasteiger partial charge in [0.25, 0.3) is 0 Å². The Bertz CT molecular complexity index is 344. The van der Waals surface area contributed by atoms with Crippen molar-refractivity contribution in [1.82, 2.24) is 15.1 Å². The molecule has 6 nitrogen and oxygen atoms in total. The monoisotopic (exact) mass is 271 g/mol. The van der Waals surface area contributed by atoms with Crippen LogP contribution in [0.4, 0.5) is 4.79 Å². The Balaban J connectivity index is 2.49. The van der Waals surface area contributed by atoms with Crippen molar-refractivity contribution in [2.24, 2.45) is 0 Å². The molecule has 19 heavy (non-hydrogen) atoms. The summed E-state index contributed by atoms with van der Waals surface area (Å²) in [4.78, 5) is 26.6. The van der Waals surface area contributed by atoms with Gasteiger partial charge >= 0.3 is 12.0 Å². The van der Waals surface area contributed by atoms with E-state index >= 15 is 0 Å². The molecule has 0 aromatic rings. The SMILES string of the molecule is CCN1CCCC1CNC(=O)N(C)C(C)(C)C(=O)O. The third kappa shape index (κ3) is 3.59. The number of carboxylic acid groups (broad SMARTS) is 1. The van der Waals surface area contributed by atoms with Crippen LogP contribution in [0.2, 0.25) is 0 Å². The van der Waals surface area contributed by atoms with Crippen LogP contribution < -0.4 is 5.32 Å². The maximum Gasteiger partial charge on any atom is 0.329 e.